The molecule has 2 heterocycles. The Kier molecular flexibility index (Phi) is 4.23. The Labute approximate surface area is 108 Å². The monoisotopic (exact) mass is 242 g/mol. The van der Waals surface area contributed by atoms with Gasteiger partial charge in [0.15, 0.2) is 0 Å². The Morgan fingerprint density at radius 2 is 2.06 bits per heavy atom. The van der Waals surface area contributed by atoms with E-state index in [-0.39, 0.29) is 0 Å². The van der Waals surface area contributed by atoms with Crippen molar-refractivity contribution in [2.24, 2.45) is 0 Å². The second-order valence-corrected chi connectivity index (χ2v) is 4.16. The van der Waals surface area contributed by atoms with Crippen LogP contribution in [0.2, 0.25) is 0 Å². The first-order valence-corrected chi connectivity index (χ1v) is 6.26. The molecule has 18 heavy (non-hydrogen) atoms. The van der Waals surface area contributed by atoms with Gasteiger partial charge in [-0.1, -0.05) is 19.4 Å². The maximum Gasteiger partial charge on any atom is 0.136 e. The smallest absolute Gasteiger partial charge is 0.136 e. The molecule has 0 aliphatic heterocycles. The fourth-order valence-corrected chi connectivity index (χ4v) is 1.81. The van der Waals surface area contributed by atoms with Gasteiger partial charge in [-0.2, -0.15) is 0 Å². The van der Waals surface area contributed by atoms with Crippen LogP contribution >= 0.6 is 0 Å². The summed E-state index contributed by atoms with van der Waals surface area (Å²) in [7, 11) is 1.88. The summed E-state index contributed by atoms with van der Waals surface area (Å²) >= 11 is 0. The van der Waals surface area contributed by atoms with Crippen molar-refractivity contribution in [3.05, 3.63) is 47.7 Å². The van der Waals surface area contributed by atoms with Gasteiger partial charge >= 0.3 is 0 Å². The fourth-order valence-electron chi connectivity index (χ4n) is 1.81. The zero-order chi connectivity index (χ0) is 12.8. The zero-order valence-electron chi connectivity index (χ0n) is 10.8. The van der Waals surface area contributed by atoms with Gasteiger partial charge in [-0.05, 0) is 18.6 Å². The Bertz CT molecular complexity index is 496. The van der Waals surface area contributed by atoms with E-state index in [9.17, 15) is 0 Å². The molecule has 0 saturated heterocycles. The van der Waals surface area contributed by atoms with E-state index < -0.39 is 0 Å². The molecule has 0 aromatic carbocycles. The summed E-state index contributed by atoms with van der Waals surface area (Å²) in [6.07, 6.45) is 4.53. The van der Waals surface area contributed by atoms with E-state index >= 15 is 0 Å². The van der Waals surface area contributed by atoms with Crippen molar-refractivity contribution in [1.29, 1.82) is 0 Å². The van der Waals surface area contributed by atoms with Crippen LogP contribution < -0.4 is 5.32 Å². The van der Waals surface area contributed by atoms with Crippen molar-refractivity contribution in [1.82, 2.24) is 15.0 Å². The molecule has 0 saturated carbocycles. The molecule has 0 unspecified atom stereocenters. The van der Waals surface area contributed by atoms with Gasteiger partial charge in [0, 0.05) is 30.7 Å². The number of anilines is 1. The second kappa shape index (κ2) is 6.10. The minimum atomic E-state index is 0.674. The highest BCUT2D eigenvalue weighted by atomic mass is 15.0. The van der Waals surface area contributed by atoms with Gasteiger partial charge in [0.2, 0.25) is 0 Å². The van der Waals surface area contributed by atoms with Crippen LogP contribution in [0.25, 0.3) is 0 Å². The van der Waals surface area contributed by atoms with E-state index in [2.05, 4.69) is 27.2 Å². The van der Waals surface area contributed by atoms with Gasteiger partial charge in [0.25, 0.3) is 0 Å². The van der Waals surface area contributed by atoms with E-state index in [1.165, 1.54) is 0 Å². The van der Waals surface area contributed by atoms with Crippen molar-refractivity contribution in [2.45, 2.75) is 26.2 Å². The summed E-state index contributed by atoms with van der Waals surface area (Å²) < 4.78 is 0. The third kappa shape index (κ3) is 3.26. The summed E-state index contributed by atoms with van der Waals surface area (Å²) in [6.45, 7) is 2.15. The number of aryl methyl sites for hydroxylation is 1. The molecule has 4 heteroatoms. The molecule has 0 fully saturated rings. The topological polar surface area (TPSA) is 50.7 Å². The summed E-state index contributed by atoms with van der Waals surface area (Å²) in [5, 5.41) is 3.08. The Balaban J connectivity index is 2.24. The SMILES string of the molecule is CCCc1cc(NC)nc(Cc2ccccn2)n1. The van der Waals surface area contributed by atoms with E-state index in [4.69, 9.17) is 0 Å². The van der Waals surface area contributed by atoms with Crippen molar-refractivity contribution in [3.8, 4) is 0 Å². The predicted octanol–water partition coefficient (Wildman–Crippen LogP) is 2.46. The summed E-state index contributed by atoms with van der Waals surface area (Å²) in [5.41, 5.74) is 2.08. The molecule has 0 spiro atoms. The minimum absolute atomic E-state index is 0.674. The van der Waals surface area contributed by atoms with Gasteiger partial charge in [0.1, 0.15) is 11.6 Å². The lowest BCUT2D eigenvalue weighted by Gasteiger charge is -2.07. The molecule has 0 aliphatic rings. The number of hydrogen-bond donors (Lipinski definition) is 1. The average Bonchev–Trinajstić information content (AvgIpc) is 2.40. The largest absolute Gasteiger partial charge is 0.373 e. The number of pyridine rings is 1. The van der Waals surface area contributed by atoms with Gasteiger partial charge in [0.05, 0.1) is 6.42 Å². The lowest BCUT2D eigenvalue weighted by Crippen LogP contribution is -2.05. The van der Waals surface area contributed by atoms with Crippen molar-refractivity contribution in [2.75, 3.05) is 12.4 Å². The maximum absolute atomic E-state index is 4.58. The first kappa shape index (κ1) is 12.5. The maximum atomic E-state index is 4.58. The van der Waals surface area contributed by atoms with Crippen LogP contribution in [0.15, 0.2) is 30.5 Å². The van der Waals surface area contributed by atoms with E-state index in [0.29, 0.717) is 6.42 Å². The highest BCUT2D eigenvalue weighted by Gasteiger charge is 2.05. The molecule has 0 amide bonds. The van der Waals surface area contributed by atoms with E-state index in [1.807, 2.05) is 31.3 Å². The second-order valence-electron chi connectivity index (χ2n) is 4.16. The Hall–Kier alpha value is -1.97. The third-order valence-electron chi connectivity index (χ3n) is 2.65. The molecule has 2 rings (SSSR count). The first-order chi connectivity index (χ1) is 8.81. The van der Waals surface area contributed by atoms with Crippen molar-refractivity contribution < 1.29 is 0 Å². The van der Waals surface area contributed by atoms with Crippen molar-refractivity contribution in [3.63, 3.8) is 0 Å². The number of hydrogen-bond acceptors (Lipinski definition) is 4. The van der Waals surface area contributed by atoms with Crippen LogP contribution in [0.5, 0.6) is 0 Å². The molecule has 0 atom stereocenters. The molecule has 4 nitrogen and oxygen atoms in total. The first-order valence-electron chi connectivity index (χ1n) is 6.26. The van der Waals surface area contributed by atoms with Gasteiger partial charge in [-0.25, -0.2) is 9.97 Å². The van der Waals surface area contributed by atoms with E-state index in [0.717, 1.165) is 35.9 Å². The molecule has 94 valence electrons. The van der Waals surface area contributed by atoms with E-state index in [1.54, 1.807) is 6.20 Å². The molecular weight excluding hydrogens is 224 g/mol. The van der Waals surface area contributed by atoms with Gasteiger partial charge in [-0.3, -0.25) is 4.98 Å². The molecule has 0 bridgehead atoms. The normalized spacial score (nSPS) is 10.3. The Morgan fingerprint density at radius 1 is 1.17 bits per heavy atom. The van der Waals surface area contributed by atoms with Gasteiger partial charge in [-0.15, -0.1) is 0 Å². The molecule has 0 radical (unpaired) electrons. The van der Waals surface area contributed by atoms with Crippen LogP contribution in [-0.4, -0.2) is 22.0 Å². The summed E-state index contributed by atoms with van der Waals surface area (Å²) in [6, 6.07) is 7.90. The molecular formula is C14H18N4. The zero-order valence-corrected chi connectivity index (χ0v) is 10.8. The van der Waals surface area contributed by atoms with Crippen LogP contribution in [-0.2, 0) is 12.8 Å². The van der Waals surface area contributed by atoms with Crippen LogP contribution in [0.4, 0.5) is 5.82 Å². The lowest BCUT2D eigenvalue weighted by molar-refractivity contribution is 0.837. The fraction of sp³-hybridized carbons (Fsp3) is 0.357. The lowest BCUT2D eigenvalue weighted by atomic mass is 10.2. The quantitative estimate of drug-likeness (QED) is 0.875. The standard InChI is InChI=1S/C14H18N4/c1-3-6-12-10-13(15-2)18-14(17-12)9-11-7-4-5-8-16-11/h4-5,7-8,10H,3,6,9H2,1-2H3,(H,15,17,18). The molecule has 2 aromatic heterocycles. The molecule has 2 aromatic rings. The number of nitrogens with zero attached hydrogens (tertiary/aromatic N) is 3. The predicted molar refractivity (Wildman–Crippen MR) is 72.6 cm³/mol. The highest BCUT2D eigenvalue weighted by molar-refractivity contribution is 5.35. The van der Waals surface area contributed by atoms with Crippen LogP contribution in [0.3, 0.4) is 0 Å². The average molecular weight is 242 g/mol. The van der Waals surface area contributed by atoms with Crippen molar-refractivity contribution >= 4 is 5.82 Å². The Morgan fingerprint density at radius 3 is 2.72 bits per heavy atom. The highest BCUT2D eigenvalue weighted by Crippen LogP contribution is 2.10. The number of rotatable bonds is 5. The number of nitrogens with one attached hydrogen (secondary N) is 1. The molecule has 0 aliphatic carbocycles. The van der Waals surface area contributed by atoms with Crippen LogP contribution in [0.1, 0.15) is 30.6 Å². The summed E-state index contributed by atoms with van der Waals surface area (Å²) in [4.78, 5) is 13.3. The van der Waals surface area contributed by atoms with Gasteiger partial charge < -0.3 is 5.32 Å². The van der Waals surface area contributed by atoms with Crippen LogP contribution in [0, 0.1) is 0 Å². The minimum Gasteiger partial charge on any atom is -0.373 e. The number of aromatic nitrogens is 3. The molecule has 1 N–H and O–H groups in total. The summed E-state index contributed by atoms with van der Waals surface area (Å²) in [5.74, 6) is 1.70. The third-order valence-corrected chi connectivity index (χ3v) is 2.65.